The molecule has 0 aromatic heterocycles. The van der Waals surface area contributed by atoms with Crippen molar-refractivity contribution in [2.24, 2.45) is 5.92 Å². The van der Waals surface area contributed by atoms with E-state index < -0.39 is 18.5 Å². The molecule has 7 nitrogen and oxygen atoms in total. The molecule has 2 N–H and O–H groups in total. The van der Waals surface area contributed by atoms with Gasteiger partial charge in [0.1, 0.15) is 12.3 Å². The number of nitrogens with one attached hydrogen (secondary N) is 2. The Balaban J connectivity index is 1.44. The third kappa shape index (κ3) is 6.32. The Hall–Kier alpha value is -2.87. The van der Waals surface area contributed by atoms with Gasteiger partial charge < -0.3 is 20.1 Å². The third-order valence-electron chi connectivity index (χ3n) is 4.75. The number of esters is 1. The van der Waals surface area contributed by atoms with Gasteiger partial charge in [-0.05, 0) is 60.7 Å². The zero-order valence-electron chi connectivity index (χ0n) is 16.5. The second-order valence-electron chi connectivity index (χ2n) is 7.01. The summed E-state index contributed by atoms with van der Waals surface area (Å²) in [6.45, 7) is -0.709. The Bertz CT molecular complexity index is 895. The minimum absolute atomic E-state index is 0.126. The molecule has 1 fully saturated rings. The lowest BCUT2D eigenvalue weighted by atomic mass is 10.0. The lowest BCUT2D eigenvalue weighted by molar-refractivity contribution is -0.147. The van der Waals surface area contributed by atoms with Crippen molar-refractivity contribution < 1.29 is 23.9 Å². The van der Waals surface area contributed by atoms with E-state index in [1.165, 1.54) is 0 Å². The fourth-order valence-corrected chi connectivity index (χ4v) is 3.25. The van der Waals surface area contributed by atoms with E-state index in [2.05, 4.69) is 26.6 Å². The van der Waals surface area contributed by atoms with Crippen LogP contribution >= 0.6 is 15.9 Å². The molecule has 1 aliphatic rings. The SMILES string of the molecule is COc1ccc(C(NC(=O)COC(=O)CNC(=O)c2ccc(Br)cc2)C2CC2)cc1. The zero-order chi connectivity index (χ0) is 21.5. The van der Waals surface area contributed by atoms with Crippen LogP contribution in [0.15, 0.2) is 53.0 Å². The summed E-state index contributed by atoms with van der Waals surface area (Å²) in [6, 6.07) is 14.2. The van der Waals surface area contributed by atoms with E-state index in [9.17, 15) is 14.4 Å². The number of amides is 2. The minimum Gasteiger partial charge on any atom is -0.497 e. The Kier molecular flexibility index (Phi) is 7.46. The first kappa shape index (κ1) is 21.8. The van der Waals surface area contributed by atoms with Crippen LogP contribution in [0.5, 0.6) is 5.75 Å². The molecule has 0 bridgehead atoms. The molecule has 0 radical (unpaired) electrons. The highest BCUT2D eigenvalue weighted by Gasteiger charge is 2.33. The second kappa shape index (κ2) is 10.2. The lowest BCUT2D eigenvalue weighted by Gasteiger charge is -2.19. The van der Waals surface area contributed by atoms with E-state index in [1.54, 1.807) is 31.4 Å². The highest BCUT2D eigenvalue weighted by molar-refractivity contribution is 9.10. The van der Waals surface area contributed by atoms with Crippen molar-refractivity contribution in [3.8, 4) is 5.75 Å². The monoisotopic (exact) mass is 474 g/mol. The van der Waals surface area contributed by atoms with Gasteiger partial charge in [-0.1, -0.05) is 28.1 Å². The van der Waals surface area contributed by atoms with Crippen molar-refractivity contribution in [1.82, 2.24) is 10.6 Å². The molecule has 0 heterocycles. The highest BCUT2D eigenvalue weighted by atomic mass is 79.9. The van der Waals surface area contributed by atoms with Gasteiger partial charge in [-0.15, -0.1) is 0 Å². The van der Waals surface area contributed by atoms with E-state index in [-0.39, 0.29) is 18.5 Å². The number of hydrogen-bond acceptors (Lipinski definition) is 5. The standard InChI is InChI=1S/C22H23BrN2O5/c1-29-18-10-6-15(7-11-18)21(14-2-3-14)25-19(26)13-30-20(27)12-24-22(28)16-4-8-17(23)9-5-16/h4-11,14,21H,2-3,12-13H2,1H3,(H,24,28)(H,25,26). The molecular formula is C22H23BrN2O5. The summed E-state index contributed by atoms with van der Waals surface area (Å²) in [5.74, 6) is -0.322. The Morgan fingerprint density at radius 2 is 1.73 bits per heavy atom. The number of hydrogen-bond donors (Lipinski definition) is 2. The van der Waals surface area contributed by atoms with Crippen molar-refractivity contribution in [3.05, 3.63) is 64.1 Å². The van der Waals surface area contributed by atoms with Crippen LogP contribution in [0.2, 0.25) is 0 Å². The normalized spacial score (nSPS) is 13.8. The fourth-order valence-electron chi connectivity index (χ4n) is 2.98. The number of ether oxygens (including phenoxy) is 2. The fraction of sp³-hybridized carbons (Fsp3) is 0.318. The van der Waals surface area contributed by atoms with Crippen LogP contribution in [0, 0.1) is 5.92 Å². The van der Waals surface area contributed by atoms with Crippen molar-refractivity contribution in [1.29, 1.82) is 0 Å². The first-order valence-corrected chi connectivity index (χ1v) is 10.4. The molecular weight excluding hydrogens is 452 g/mol. The largest absolute Gasteiger partial charge is 0.497 e. The molecule has 1 aliphatic carbocycles. The first-order chi connectivity index (χ1) is 14.5. The van der Waals surface area contributed by atoms with E-state index >= 15 is 0 Å². The highest BCUT2D eigenvalue weighted by Crippen LogP contribution is 2.41. The van der Waals surface area contributed by atoms with Gasteiger partial charge in [0, 0.05) is 10.0 Å². The van der Waals surface area contributed by atoms with Crippen LogP contribution in [0.1, 0.15) is 34.8 Å². The Morgan fingerprint density at radius 3 is 2.33 bits per heavy atom. The van der Waals surface area contributed by atoms with E-state index in [1.807, 2.05) is 24.3 Å². The van der Waals surface area contributed by atoms with Gasteiger partial charge >= 0.3 is 5.97 Å². The van der Waals surface area contributed by atoms with Crippen molar-refractivity contribution in [2.45, 2.75) is 18.9 Å². The van der Waals surface area contributed by atoms with Crippen LogP contribution in [0.4, 0.5) is 0 Å². The molecule has 0 saturated heterocycles. The minimum atomic E-state index is -0.678. The molecule has 0 aliphatic heterocycles. The smallest absolute Gasteiger partial charge is 0.325 e. The maximum atomic E-state index is 12.3. The van der Waals surface area contributed by atoms with Gasteiger partial charge in [0.2, 0.25) is 0 Å². The molecule has 2 amide bonds. The predicted molar refractivity (Wildman–Crippen MR) is 114 cm³/mol. The summed E-state index contributed by atoms with van der Waals surface area (Å²) in [4.78, 5) is 36.2. The molecule has 1 unspecified atom stereocenters. The van der Waals surface area contributed by atoms with E-state index in [0.717, 1.165) is 28.6 Å². The first-order valence-electron chi connectivity index (χ1n) is 9.59. The molecule has 1 saturated carbocycles. The topological polar surface area (TPSA) is 93.7 Å². The van der Waals surface area contributed by atoms with Gasteiger partial charge in [0.15, 0.2) is 6.61 Å². The predicted octanol–water partition coefficient (Wildman–Crippen LogP) is 3.00. The quantitative estimate of drug-likeness (QED) is 0.544. The van der Waals surface area contributed by atoms with Crippen LogP contribution in [0.3, 0.4) is 0 Å². The third-order valence-corrected chi connectivity index (χ3v) is 5.28. The maximum Gasteiger partial charge on any atom is 0.325 e. The van der Waals surface area contributed by atoms with Crippen LogP contribution in [0.25, 0.3) is 0 Å². The molecule has 0 spiro atoms. The maximum absolute atomic E-state index is 12.3. The molecule has 2 aromatic carbocycles. The molecule has 3 rings (SSSR count). The second-order valence-corrected chi connectivity index (χ2v) is 7.92. The number of halogens is 1. The molecule has 158 valence electrons. The van der Waals surface area contributed by atoms with Gasteiger partial charge in [-0.2, -0.15) is 0 Å². The van der Waals surface area contributed by atoms with Gasteiger partial charge in [-0.25, -0.2) is 0 Å². The summed E-state index contributed by atoms with van der Waals surface area (Å²) in [6.07, 6.45) is 2.08. The summed E-state index contributed by atoms with van der Waals surface area (Å²) in [7, 11) is 1.60. The molecule has 1 atom stereocenters. The Labute approximate surface area is 183 Å². The zero-order valence-corrected chi connectivity index (χ0v) is 18.1. The van der Waals surface area contributed by atoms with E-state index in [0.29, 0.717) is 11.5 Å². The van der Waals surface area contributed by atoms with Crippen LogP contribution < -0.4 is 15.4 Å². The average Bonchev–Trinajstić information content (AvgIpc) is 3.60. The van der Waals surface area contributed by atoms with Gasteiger partial charge in [0.05, 0.1) is 13.2 Å². The number of benzene rings is 2. The number of carbonyl (C=O) groups excluding carboxylic acids is 3. The average molecular weight is 475 g/mol. The van der Waals surface area contributed by atoms with Crippen molar-refractivity contribution >= 4 is 33.7 Å². The number of methoxy groups -OCH3 is 1. The Morgan fingerprint density at radius 1 is 1.07 bits per heavy atom. The molecule has 30 heavy (non-hydrogen) atoms. The lowest BCUT2D eigenvalue weighted by Crippen LogP contribution is -2.36. The molecule has 2 aromatic rings. The van der Waals surface area contributed by atoms with Crippen molar-refractivity contribution in [2.75, 3.05) is 20.3 Å². The molecule has 8 heteroatoms. The van der Waals surface area contributed by atoms with Crippen molar-refractivity contribution in [3.63, 3.8) is 0 Å². The summed E-state index contributed by atoms with van der Waals surface area (Å²) in [5.41, 5.74) is 1.41. The summed E-state index contributed by atoms with van der Waals surface area (Å²) >= 11 is 3.29. The number of rotatable bonds is 9. The van der Waals surface area contributed by atoms with Gasteiger partial charge in [0.25, 0.3) is 11.8 Å². The van der Waals surface area contributed by atoms with E-state index in [4.69, 9.17) is 9.47 Å². The van der Waals surface area contributed by atoms with Crippen LogP contribution in [-0.2, 0) is 14.3 Å². The van der Waals surface area contributed by atoms with Gasteiger partial charge in [-0.3, -0.25) is 14.4 Å². The van der Waals surface area contributed by atoms with Crippen LogP contribution in [-0.4, -0.2) is 38.0 Å². The summed E-state index contributed by atoms with van der Waals surface area (Å²) < 4.78 is 11.0. The summed E-state index contributed by atoms with van der Waals surface area (Å²) in [5, 5.41) is 5.41. The number of carbonyl (C=O) groups is 3.